The minimum atomic E-state index is 0.340. The molecule has 4 heteroatoms. The van der Waals surface area contributed by atoms with Crippen LogP contribution in [0.1, 0.15) is 71.5 Å². The Hall–Kier alpha value is -0.540. The fraction of sp³-hybridized carbons (Fsp3) is 0.824. The van der Waals surface area contributed by atoms with Crippen LogP contribution in [0.4, 0.5) is 0 Å². The summed E-state index contributed by atoms with van der Waals surface area (Å²) in [6, 6.07) is 0.340. The average molecular weight is 312 g/mol. The summed E-state index contributed by atoms with van der Waals surface area (Å²) in [6.45, 7) is 11.1. The molecular formula is C17H30ClN3. The highest BCUT2D eigenvalue weighted by atomic mass is 35.5. The first-order chi connectivity index (χ1) is 9.98. The van der Waals surface area contributed by atoms with Gasteiger partial charge in [-0.2, -0.15) is 5.10 Å². The van der Waals surface area contributed by atoms with E-state index in [1.807, 2.05) is 6.20 Å². The molecule has 1 N–H and O–H groups in total. The van der Waals surface area contributed by atoms with Crippen LogP contribution in [0.3, 0.4) is 0 Å². The van der Waals surface area contributed by atoms with E-state index in [9.17, 15) is 0 Å². The van der Waals surface area contributed by atoms with Crippen LogP contribution in [0, 0.1) is 11.3 Å². The maximum atomic E-state index is 6.46. The topological polar surface area (TPSA) is 29.9 Å². The van der Waals surface area contributed by atoms with Gasteiger partial charge < -0.3 is 5.32 Å². The zero-order valence-corrected chi connectivity index (χ0v) is 14.7. The van der Waals surface area contributed by atoms with Crippen LogP contribution in [-0.4, -0.2) is 16.3 Å². The van der Waals surface area contributed by atoms with E-state index < -0.39 is 0 Å². The molecule has 1 aromatic heterocycles. The molecule has 1 atom stereocenters. The maximum Gasteiger partial charge on any atom is 0.0834 e. The summed E-state index contributed by atoms with van der Waals surface area (Å²) < 4.78 is 2.11. The summed E-state index contributed by atoms with van der Waals surface area (Å²) in [5, 5.41) is 8.97. The highest BCUT2D eigenvalue weighted by Gasteiger charge is 2.34. The molecule has 1 aromatic rings. The van der Waals surface area contributed by atoms with E-state index in [1.54, 1.807) is 0 Å². The minimum absolute atomic E-state index is 0.340. The third kappa shape index (κ3) is 4.01. The lowest BCUT2D eigenvalue weighted by Crippen LogP contribution is -2.34. The van der Waals surface area contributed by atoms with E-state index in [0.717, 1.165) is 24.5 Å². The standard InChI is InChI=1S/C17H30ClN3/c1-5-11-21-16(14(18)12-20-21)15(19-6-2)13-7-9-17(3,4)10-8-13/h12-13,15,19H,5-11H2,1-4H3. The van der Waals surface area contributed by atoms with Gasteiger partial charge in [0.1, 0.15) is 0 Å². The highest BCUT2D eigenvalue weighted by molar-refractivity contribution is 6.31. The van der Waals surface area contributed by atoms with Crippen molar-refractivity contribution in [2.45, 2.75) is 72.4 Å². The Morgan fingerprint density at radius 1 is 1.38 bits per heavy atom. The third-order valence-corrected chi connectivity index (χ3v) is 5.13. The third-order valence-electron chi connectivity index (χ3n) is 4.84. The molecule has 0 saturated heterocycles. The summed E-state index contributed by atoms with van der Waals surface area (Å²) in [5.41, 5.74) is 1.70. The minimum Gasteiger partial charge on any atom is -0.309 e. The summed E-state index contributed by atoms with van der Waals surface area (Å²) in [6.07, 6.45) is 8.06. The molecule has 1 saturated carbocycles. The Labute approximate surface area is 134 Å². The summed E-state index contributed by atoms with van der Waals surface area (Å²) >= 11 is 6.46. The summed E-state index contributed by atoms with van der Waals surface area (Å²) in [4.78, 5) is 0. The second-order valence-corrected chi connectivity index (χ2v) is 7.55. The second kappa shape index (κ2) is 7.15. The molecule has 21 heavy (non-hydrogen) atoms. The van der Waals surface area contributed by atoms with Gasteiger partial charge in [0.2, 0.25) is 0 Å². The Balaban J connectivity index is 2.21. The van der Waals surface area contributed by atoms with Gasteiger partial charge in [-0.3, -0.25) is 4.68 Å². The van der Waals surface area contributed by atoms with Crippen LogP contribution < -0.4 is 5.32 Å². The lowest BCUT2D eigenvalue weighted by molar-refractivity contribution is 0.158. The van der Waals surface area contributed by atoms with Crippen LogP contribution in [0.5, 0.6) is 0 Å². The summed E-state index contributed by atoms with van der Waals surface area (Å²) in [7, 11) is 0. The molecule has 2 rings (SSSR count). The van der Waals surface area contributed by atoms with E-state index in [4.69, 9.17) is 11.6 Å². The molecule has 0 aromatic carbocycles. The SMILES string of the molecule is CCCn1ncc(Cl)c1C(NCC)C1CCC(C)(C)CC1. The van der Waals surface area contributed by atoms with Crippen molar-refractivity contribution in [2.75, 3.05) is 6.54 Å². The zero-order valence-electron chi connectivity index (χ0n) is 14.0. The molecule has 1 heterocycles. The van der Waals surface area contributed by atoms with Crippen molar-refractivity contribution in [2.24, 2.45) is 11.3 Å². The van der Waals surface area contributed by atoms with Gasteiger partial charge >= 0.3 is 0 Å². The van der Waals surface area contributed by atoms with Crippen LogP contribution in [0.2, 0.25) is 5.02 Å². The van der Waals surface area contributed by atoms with Gasteiger partial charge in [0.05, 0.1) is 23.0 Å². The number of aryl methyl sites for hydroxylation is 1. The van der Waals surface area contributed by atoms with Crippen molar-refractivity contribution in [1.82, 2.24) is 15.1 Å². The number of halogens is 1. The van der Waals surface area contributed by atoms with Gasteiger partial charge in [0.25, 0.3) is 0 Å². The van der Waals surface area contributed by atoms with Gasteiger partial charge in [0.15, 0.2) is 0 Å². The Morgan fingerprint density at radius 2 is 2.05 bits per heavy atom. The van der Waals surface area contributed by atoms with Crippen molar-refractivity contribution in [3.63, 3.8) is 0 Å². The number of hydrogen-bond acceptors (Lipinski definition) is 2. The lowest BCUT2D eigenvalue weighted by Gasteiger charge is -2.38. The quantitative estimate of drug-likeness (QED) is 0.816. The van der Waals surface area contributed by atoms with Crippen LogP contribution in [0.25, 0.3) is 0 Å². The number of aromatic nitrogens is 2. The molecule has 0 bridgehead atoms. The number of hydrogen-bond donors (Lipinski definition) is 1. The summed E-state index contributed by atoms with van der Waals surface area (Å²) in [5.74, 6) is 0.669. The molecule has 0 aliphatic heterocycles. The zero-order chi connectivity index (χ0) is 15.5. The average Bonchev–Trinajstić information content (AvgIpc) is 2.78. The highest BCUT2D eigenvalue weighted by Crippen LogP contribution is 2.43. The number of nitrogens with zero attached hydrogens (tertiary/aromatic N) is 2. The second-order valence-electron chi connectivity index (χ2n) is 7.14. The molecular weight excluding hydrogens is 282 g/mol. The van der Waals surface area contributed by atoms with Crippen molar-refractivity contribution in [3.8, 4) is 0 Å². The van der Waals surface area contributed by atoms with Gasteiger partial charge in [0, 0.05) is 6.54 Å². The molecule has 0 amide bonds. The number of rotatable bonds is 6. The Morgan fingerprint density at radius 3 is 2.62 bits per heavy atom. The van der Waals surface area contributed by atoms with E-state index in [1.165, 1.54) is 31.4 Å². The molecule has 0 spiro atoms. The largest absolute Gasteiger partial charge is 0.309 e. The Kier molecular flexibility index (Phi) is 5.73. The Bertz CT molecular complexity index is 443. The van der Waals surface area contributed by atoms with Crippen molar-refractivity contribution in [3.05, 3.63) is 16.9 Å². The first kappa shape index (κ1) is 16.8. The predicted molar refractivity (Wildman–Crippen MR) is 89.7 cm³/mol. The fourth-order valence-electron chi connectivity index (χ4n) is 3.53. The predicted octanol–water partition coefficient (Wildman–Crippen LogP) is 4.81. The molecule has 1 fully saturated rings. The molecule has 1 aliphatic rings. The van der Waals surface area contributed by atoms with E-state index in [0.29, 0.717) is 17.4 Å². The van der Waals surface area contributed by atoms with Crippen molar-refractivity contribution >= 4 is 11.6 Å². The van der Waals surface area contributed by atoms with Gasteiger partial charge in [-0.05, 0) is 50.0 Å². The molecule has 120 valence electrons. The lowest BCUT2D eigenvalue weighted by atomic mass is 9.70. The van der Waals surface area contributed by atoms with Crippen LogP contribution >= 0.6 is 11.6 Å². The van der Waals surface area contributed by atoms with Gasteiger partial charge in [-0.15, -0.1) is 0 Å². The van der Waals surface area contributed by atoms with E-state index in [2.05, 4.69) is 42.8 Å². The smallest absolute Gasteiger partial charge is 0.0834 e. The fourth-order valence-corrected chi connectivity index (χ4v) is 3.79. The van der Waals surface area contributed by atoms with Crippen LogP contribution in [0.15, 0.2) is 6.20 Å². The molecule has 1 unspecified atom stereocenters. The molecule has 0 radical (unpaired) electrons. The monoisotopic (exact) mass is 311 g/mol. The van der Waals surface area contributed by atoms with E-state index in [-0.39, 0.29) is 0 Å². The number of nitrogens with one attached hydrogen (secondary N) is 1. The first-order valence-corrected chi connectivity index (χ1v) is 8.81. The maximum absolute atomic E-state index is 6.46. The molecule has 1 aliphatic carbocycles. The molecule has 3 nitrogen and oxygen atoms in total. The van der Waals surface area contributed by atoms with Crippen molar-refractivity contribution < 1.29 is 0 Å². The van der Waals surface area contributed by atoms with Crippen molar-refractivity contribution in [1.29, 1.82) is 0 Å². The van der Waals surface area contributed by atoms with Crippen LogP contribution in [-0.2, 0) is 6.54 Å². The first-order valence-electron chi connectivity index (χ1n) is 8.43. The van der Waals surface area contributed by atoms with E-state index >= 15 is 0 Å². The van der Waals surface area contributed by atoms with Gasteiger partial charge in [-0.25, -0.2) is 0 Å². The normalized spacial score (nSPS) is 20.6. The van der Waals surface area contributed by atoms with Gasteiger partial charge in [-0.1, -0.05) is 39.3 Å².